The molecule has 2 aromatic rings. The van der Waals surface area contributed by atoms with Gasteiger partial charge < -0.3 is 10.1 Å². The molecule has 170 valence electrons. The molecule has 0 spiro atoms. The van der Waals surface area contributed by atoms with Crippen molar-refractivity contribution in [2.24, 2.45) is 23.7 Å². The van der Waals surface area contributed by atoms with Crippen molar-refractivity contribution in [2.45, 2.75) is 32.2 Å². The number of fused-ring (bicyclic) bond motifs is 1. The number of allylic oxidation sites excluding steroid dienone is 2. The average Bonchev–Trinajstić information content (AvgIpc) is 3.12. The number of imide groups is 1. The third kappa shape index (κ3) is 3.94. The van der Waals surface area contributed by atoms with E-state index in [1.807, 2.05) is 37.3 Å². The van der Waals surface area contributed by atoms with Gasteiger partial charge in [0.25, 0.3) is 0 Å². The van der Waals surface area contributed by atoms with E-state index >= 15 is 0 Å². The van der Waals surface area contributed by atoms with Crippen LogP contribution in [0.4, 0.5) is 5.69 Å². The number of nitrogens with one attached hydrogen (secondary N) is 1. The summed E-state index contributed by atoms with van der Waals surface area (Å²) in [5.41, 5.74) is 1.50. The summed E-state index contributed by atoms with van der Waals surface area (Å²) in [5, 5.41) is 2.91. The van der Waals surface area contributed by atoms with E-state index in [2.05, 4.69) is 17.5 Å². The van der Waals surface area contributed by atoms with Crippen LogP contribution in [0.1, 0.15) is 25.3 Å². The molecule has 6 rings (SSSR count). The summed E-state index contributed by atoms with van der Waals surface area (Å²) in [5.74, 6) is -0.535. The van der Waals surface area contributed by atoms with Gasteiger partial charge in [-0.2, -0.15) is 0 Å². The second kappa shape index (κ2) is 8.85. The SMILES string of the molecule is CCOc1ccc(NC(=O)[C@H](Cc2ccccc2)N2C(=O)[C@@H]3[C@@H](C2=O)[C@H]2C=C[C@H]3CC2)cc1. The number of hydrogen-bond donors (Lipinski definition) is 1. The largest absolute Gasteiger partial charge is 0.494 e. The third-order valence-electron chi connectivity index (χ3n) is 7.11. The van der Waals surface area contributed by atoms with Crippen molar-refractivity contribution in [3.8, 4) is 5.75 Å². The quantitative estimate of drug-likeness (QED) is 0.520. The Morgan fingerprint density at radius 1 is 0.970 bits per heavy atom. The molecule has 3 amide bonds. The van der Waals surface area contributed by atoms with Crippen LogP contribution in [0.3, 0.4) is 0 Å². The highest BCUT2D eigenvalue weighted by atomic mass is 16.5. The normalized spacial score (nSPS) is 26.3. The lowest BCUT2D eigenvalue weighted by molar-refractivity contribution is -0.146. The summed E-state index contributed by atoms with van der Waals surface area (Å²) >= 11 is 0. The van der Waals surface area contributed by atoms with Gasteiger partial charge in [-0.05, 0) is 61.4 Å². The second-order valence-corrected chi connectivity index (χ2v) is 9.04. The molecule has 0 radical (unpaired) electrons. The van der Waals surface area contributed by atoms with Crippen LogP contribution in [0.25, 0.3) is 0 Å². The second-order valence-electron chi connectivity index (χ2n) is 9.04. The van der Waals surface area contributed by atoms with E-state index in [4.69, 9.17) is 4.74 Å². The Hall–Kier alpha value is -3.41. The molecule has 6 nitrogen and oxygen atoms in total. The fourth-order valence-electron chi connectivity index (χ4n) is 5.57. The molecule has 1 N–H and O–H groups in total. The molecule has 0 aromatic heterocycles. The number of rotatable bonds is 7. The maximum Gasteiger partial charge on any atom is 0.248 e. The highest BCUT2D eigenvalue weighted by molar-refractivity contribution is 6.10. The molecule has 3 aliphatic carbocycles. The Morgan fingerprint density at radius 3 is 2.12 bits per heavy atom. The van der Waals surface area contributed by atoms with Gasteiger partial charge in [-0.3, -0.25) is 19.3 Å². The van der Waals surface area contributed by atoms with Gasteiger partial charge in [-0.1, -0.05) is 42.5 Å². The van der Waals surface area contributed by atoms with Gasteiger partial charge in [0.2, 0.25) is 17.7 Å². The molecule has 2 bridgehead atoms. The summed E-state index contributed by atoms with van der Waals surface area (Å²) in [4.78, 5) is 41.8. The topological polar surface area (TPSA) is 75.7 Å². The first-order valence-corrected chi connectivity index (χ1v) is 11.7. The summed E-state index contributed by atoms with van der Waals surface area (Å²) in [6.07, 6.45) is 6.32. The number of carbonyl (C=O) groups is 3. The number of carbonyl (C=O) groups excluding carboxylic acids is 3. The number of anilines is 1. The highest BCUT2D eigenvalue weighted by Crippen LogP contribution is 2.50. The molecule has 2 aromatic carbocycles. The standard InChI is InChI=1S/C27H28N2O4/c1-2-33-21-14-12-20(13-15-21)28-25(30)22(16-17-6-4-3-5-7-17)29-26(31)23-18-8-9-19(11-10-18)24(23)27(29)32/h3-9,12-15,18-19,22-24H,2,10-11,16H2,1H3,(H,28,30)/t18-,19-,22-,23-,24-/m0/s1. The highest BCUT2D eigenvalue weighted by Gasteiger charge is 2.58. The Morgan fingerprint density at radius 2 is 1.58 bits per heavy atom. The lowest BCUT2D eigenvalue weighted by atomic mass is 9.63. The van der Waals surface area contributed by atoms with Gasteiger partial charge in [0, 0.05) is 12.1 Å². The predicted octanol–water partition coefficient (Wildman–Crippen LogP) is 3.83. The zero-order chi connectivity index (χ0) is 22.9. The summed E-state index contributed by atoms with van der Waals surface area (Å²) in [7, 11) is 0. The van der Waals surface area contributed by atoms with Gasteiger partial charge in [0.1, 0.15) is 11.8 Å². The molecular weight excluding hydrogens is 416 g/mol. The van der Waals surface area contributed by atoms with E-state index in [0.29, 0.717) is 18.0 Å². The van der Waals surface area contributed by atoms with Crippen molar-refractivity contribution in [1.29, 1.82) is 0 Å². The van der Waals surface area contributed by atoms with Crippen LogP contribution in [0.15, 0.2) is 66.7 Å². The first-order chi connectivity index (χ1) is 16.1. The van der Waals surface area contributed by atoms with Crippen LogP contribution in [0.2, 0.25) is 0 Å². The Kier molecular flexibility index (Phi) is 5.75. The minimum Gasteiger partial charge on any atom is -0.494 e. The van der Waals surface area contributed by atoms with Gasteiger partial charge >= 0.3 is 0 Å². The van der Waals surface area contributed by atoms with E-state index in [1.54, 1.807) is 24.3 Å². The van der Waals surface area contributed by atoms with Gasteiger partial charge in [-0.15, -0.1) is 0 Å². The van der Waals surface area contributed by atoms with Crippen LogP contribution >= 0.6 is 0 Å². The third-order valence-corrected chi connectivity index (χ3v) is 7.11. The number of hydrogen-bond acceptors (Lipinski definition) is 4. The van der Waals surface area contributed by atoms with Gasteiger partial charge in [-0.25, -0.2) is 0 Å². The molecule has 5 atom stereocenters. The van der Waals surface area contributed by atoms with E-state index in [1.165, 1.54) is 4.90 Å². The Bertz CT molecular complexity index is 1050. The first-order valence-electron chi connectivity index (χ1n) is 11.7. The summed E-state index contributed by atoms with van der Waals surface area (Å²) < 4.78 is 5.47. The zero-order valence-electron chi connectivity index (χ0n) is 18.6. The number of nitrogens with zero attached hydrogens (tertiary/aromatic N) is 1. The van der Waals surface area contributed by atoms with Crippen LogP contribution in [0.5, 0.6) is 5.75 Å². The van der Waals surface area contributed by atoms with E-state index in [0.717, 1.165) is 18.4 Å². The number of amides is 3. The van der Waals surface area contributed by atoms with Crippen LogP contribution in [-0.2, 0) is 20.8 Å². The molecular formula is C27H28N2O4. The van der Waals surface area contributed by atoms with Crippen molar-refractivity contribution in [3.63, 3.8) is 0 Å². The molecule has 6 heteroatoms. The van der Waals surface area contributed by atoms with Crippen LogP contribution < -0.4 is 10.1 Å². The minimum absolute atomic E-state index is 0.0907. The van der Waals surface area contributed by atoms with Crippen molar-refractivity contribution in [2.75, 3.05) is 11.9 Å². The minimum atomic E-state index is -0.899. The zero-order valence-corrected chi connectivity index (χ0v) is 18.6. The first kappa shape index (κ1) is 21.4. The molecule has 1 saturated heterocycles. The van der Waals surface area contributed by atoms with E-state index in [-0.39, 0.29) is 47.8 Å². The molecule has 1 aliphatic heterocycles. The van der Waals surface area contributed by atoms with Crippen molar-refractivity contribution < 1.29 is 19.1 Å². The van der Waals surface area contributed by atoms with Gasteiger partial charge in [0.05, 0.1) is 18.4 Å². The molecule has 1 saturated carbocycles. The molecule has 2 fully saturated rings. The van der Waals surface area contributed by atoms with E-state index in [9.17, 15) is 14.4 Å². The smallest absolute Gasteiger partial charge is 0.248 e. The monoisotopic (exact) mass is 444 g/mol. The average molecular weight is 445 g/mol. The Labute approximate surface area is 193 Å². The van der Waals surface area contributed by atoms with Gasteiger partial charge in [0.15, 0.2) is 0 Å². The number of benzene rings is 2. The van der Waals surface area contributed by atoms with Crippen LogP contribution in [0, 0.1) is 23.7 Å². The van der Waals surface area contributed by atoms with Crippen molar-refractivity contribution >= 4 is 23.4 Å². The maximum atomic E-state index is 13.5. The van der Waals surface area contributed by atoms with Crippen LogP contribution in [-0.4, -0.2) is 35.3 Å². The summed E-state index contributed by atoms with van der Waals surface area (Å²) in [6.45, 7) is 2.47. The number of ether oxygens (including phenoxy) is 1. The number of likely N-dealkylation sites (tertiary alicyclic amines) is 1. The summed E-state index contributed by atoms with van der Waals surface area (Å²) in [6, 6.07) is 15.7. The van der Waals surface area contributed by atoms with E-state index < -0.39 is 6.04 Å². The Balaban J connectivity index is 1.43. The van der Waals surface area contributed by atoms with Crippen molar-refractivity contribution in [1.82, 2.24) is 4.90 Å². The molecule has 4 aliphatic rings. The lowest BCUT2D eigenvalue weighted by Crippen LogP contribution is -2.49. The molecule has 0 unspecified atom stereocenters. The lowest BCUT2D eigenvalue weighted by Gasteiger charge is -2.38. The molecule has 33 heavy (non-hydrogen) atoms. The predicted molar refractivity (Wildman–Crippen MR) is 124 cm³/mol. The van der Waals surface area contributed by atoms with Crippen molar-refractivity contribution in [3.05, 3.63) is 72.3 Å². The maximum absolute atomic E-state index is 13.5. The fourth-order valence-corrected chi connectivity index (χ4v) is 5.57. The molecule has 1 heterocycles. The fraction of sp³-hybridized carbons (Fsp3) is 0.370.